The van der Waals surface area contributed by atoms with E-state index in [9.17, 15) is 14.4 Å². The zero-order chi connectivity index (χ0) is 19.4. The molecule has 1 fully saturated rings. The number of hydrogen-bond acceptors (Lipinski definition) is 4. The van der Waals surface area contributed by atoms with Gasteiger partial charge >= 0.3 is 5.97 Å². The fraction of sp³-hybridized carbons (Fsp3) is 0.368. The number of hydrogen-bond donors (Lipinski definition) is 2. The van der Waals surface area contributed by atoms with Gasteiger partial charge in [-0.05, 0) is 37.3 Å². The lowest BCUT2D eigenvalue weighted by Crippen LogP contribution is -2.40. The first-order chi connectivity index (χ1) is 13.0. The van der Waals surface area contributed by atoms with Crippen LogP contribution in [0.15, 0.2) is 36.4 Å². The van der Waals surface area contributed by atoms with Gasteiger partial charge in [0.1, 0.15) is 5.69 Å². The van der Waals surface area contributed by atoms with Crippen molar-refractivity contribution in [1.82, 2.24) is 14.7 Å². The van der Waals surface area contributed by atoms with Crippen molar-refractivity contribution >= 4 is 17.8 Å². The predicted octanol–water partition coefficient (Wildman–Crippen LogP) is 1.69. The van der Waals surface area contributed by atoms with Crippen molar-refractivity contribution in [2.75, 3.05) is 13.1 Å². The number of nitrogens with zero attached hydrogens (tertiary/aromatic N) is 3. The van der Waals surface area contributed by atoms with Crippen LogP contribution in [0, 0.1) is 5.92 Å². The Labute approximate surface area is 156 Å². The van der Waals surface area contributed by atoms with Crippen molar-refractivity contribution in [3.8, 4) is 5.69 Å². The monoisotopic (exact) mass is 370 g/mol. The van der Waals surface area contributed by atoms with Crippen LogP contribution in [0.4, 0.5) is 0 Å². The fourth-order valence-electron chi connectivity index (χ4n) is 3.40. The number of primary amides is 1. The molecule has 0 bridgehead atoms. The van der Waals surface area contributed by atoms with Crippen LogP contribution in [0.5, 0.6) is 0 Å². The molecule has 1 aliphatic rings. The van der Waals surface area contributed by atoms with E-state index < -0.39 is 11.9 Å². The van der Waals surface area contributed by atoms with Crippen LogP contribution in [0.2, 0.25) is 0 Å². The topological polar surface area (TPSA) is 119 Å². The highest BCUT2D eigenvalue weighted by Crippen LogP contribution is 2.23. The molecule has 1 aromatic carbocycles. The molecule has 27 heavy (non-hydrogen) atoms. The van der Waals surface area contributed by atoms with Gasteiger partial charge in [-0.25, -0.2) is 4.68 Å². The Kier molecular flexibility index (Phi) is 5.54. The highest BCUT2D eigenvalue weighted by molar-refractivity contribution is 5.97. The first kappa shape index (κ1) is 18.6. The number of carboxylic acids is 1. The maximum Gasteiger partial charge on any atom is 0.303 e. The van der Waals surface area contributed by atoms with Gasteiger partial charge in [0.15, 0.2) is 5.69 Å². The average Bonchev–Trinajstić information content (AvgIpc) is 3.12. The maximum atomic E-state index is 12.9. The van der Waals surface area contributed by atoms with Crippen LogP contribution < -0.4 is 5.73 Å². The van der Waals surface area contributed by atoms with Gasteiger partial charge in [0.25, 0.3) is 11.8 Å². The minimum atomic E-state index is -0.828. The molecule has 0 saturated carbocycles. The van der Waals surface area contributed by atoms with Crippen LogP contribution in [-0.2, 0) is 4.79 Å². The number of carboxylic acid groups (broad SMARTS) is 1. The summed E-state index contributed by atoms with van der Waals surface area (Å²) in [4.78, 5) is 37.1. The van der Waals surface area contributed by atoms with Gasteiger partial charge in [-0.2, -0.15) is 5.10 Å². The number of aromatic nitrogens is 2. The summed E-state index contributed by atoms with van der Waals surface area (Å²) in [5, 5.41) is 13.2. The molecule has 2 aromatic rings. The summed E-state index contributed by atoms with van der Waals surface area (Å²) in [6.07, 6.45) is 2.37. The third-order valence-electron chi connectivity index (χ3n) is 4.75. The lowest BCUT2D eigenvalue weighted by atomic mass is 9.93. The van der Waals surface area contributed by atoms with Gasteiger partial charge in [-0.1, -0.05) is 18.2 Å². The molecule has 3 rings (SSSR count). The SMILES string of the molecule is NC(=O)c1cc(C(=O)N2CCCC(CCC(=O)O)C2)nn1-c1ccccc1. The summed E-state index contributed by atoms with van der Waals surface area (Å²) in [7, 11) is 0. The van der Waals surface area contributed by atoms with E-state index in [4.69, 9.17) is 10.8 Å². The molecule has 2 heterocycles. The van der Waals surface area contributed by atoms with Crippen molar-refractivity contribution in [3.05, 3.63) is 47.8 Å². The summed E-state index contributed by atoms with van der Waals surface area (Å²) in [5.41, 5.74) is 6.40. The molecule has 1 atom stereocenters. The molecule has 1 unspecified atom stereocenters. The molecular formula is C19H22N4O4. The van der Waals surface area contributed by atoms with Gasteiger partial charge in [0.05, 0.1) is 5.69 Å². The summed E-state index contributed by atoms with van der Waals surface area (Å²) in [6.45, 7) is 1.09. The second-order valence-corrected chi connectivity index (χ2v) is 6.72. The zero-order valence-electron chi connectivity index (χ0n) is 14.9. The average molecular weight is 370 g/mol. The highest BCUT2D eigenvalue weighted by Gasteiger charge is 2.27. The predicted molar refractivity (Wildman–Crippen MR) is 97.6 cm³/mol. The minimum Gasteiger partial charge on any atom is -0.481 e. The lowest BCUT2D eigenvalue weighted by molar-refractivity contribution is -0.137. The lowest BCUT2D eigenvalue weighted by Gasteiger charge is -2.32. The van der Waals surface area contributed by atoms with Crippen molar-refractivity contribution < 1.29 is 19.5 Å². The number of rotatable bonds is 6. The molecule has 0 radical (unpaired) electrons. The second kappa shape index (κ2) is 8.03. The van der Waals surface area contributed by atoms with E-state index in [-0.39, 0.29) is 29.6 Å². The molecule has 1 saturated heterocycles. The number of aliphatic carboxylic acids is 1. The quantitative estimate of drug-likeness (QED) is 0.802. The van der Waals surface area contributed by atoms with Crippen molar-refractivity contribution in [3.63, 3.8) is 0 Å². The normalized spacial score (nSPS) is 16.9. The number of piperidine rings is 1. The second-order valence-electron chi connectivity index (χ2n) is 6.72. The highest BCUT2D eigenvalue weighted by atomic mass is 16.4. The van der Waals surface area contributed by atoms with Crippen molar-refractivity contribution in [2.24, 2.45) is 11.7 Å². The Bertz CT molecular complexity index is 847. The first-order valence-corrected chi connectivity index (χ1v) is 8.92. The van der Waals surface area contributed by atoms with Gasteiger partial charge < -0.3 is 15.7 Å². The van der Waals surface area contributed by atoms with Crippen LogP contribution in [-0.4, -0.2) is 50.7 Å². The molecule has 0 aliphatic carbocycles. The summed E-state index contributed by atoms with van der Waals surface area (Å²) in [5.74, 6) is -1.60. The number of para-hydroxylation sites is 1. The standard InChI is InChI=1S/C19H22N4O4/c20-18(26)16-11-15(21-23(16)14-6-2-1-3-7-14)19(27)22-10-4-5-13(12-22)8-9-17(24)25/h1-3,6-7,11,13H,4-5,8-10,12H2,(H2,20,26)(H,24,25). The smallest absolute Gasteiger partial charge is 0.303 e. The summed E-state index contributed by atoms with van der Waals surface area (Å²) in [6, 6.07) is 10.4. The van der Waals surface area contributed by atoms with E-state index in [0.717, 1.165) is 12.8 Å². The molecule has 3 N–H and O–H groups in total. The van der Waals surface area contributed by atoms with E-state index in [1.165, 1.54) is 10.7 Å². The maximum absolute atomic E-state index is 12.9. The first-order valence-electron chi connectivity index (χ1n) is 8.92. The molecule has 8 heteroatoms. The Balaban J connectivity index is 1.80. The van der Waals surface area contributed by atoms with Crippen molar-refractivity contribution in [1.29, 1.82) is 0 Å². The Morgan fingerprint density at radius 1 is 1.22 bits per heavy atom. The van der Waals surface area contributed by atoms with E-state index in [2.05, 4.69) is 5.10 Å². The van der Waals surface area contributed by atoms with Gasteiger partial charge in [0.2, 0.25) is 0 Å². The van der Waals surface area contributed by atoms with E-state index >= 15 is 0 Å². The third kappa shape index (κ3) is 4.33. The molecular weight excluding hydrogens is 348 g/mol. The number of carbonyl (C=O) groups excluding carboxylic acids is 2. The minimum absolute atomic E-state index is 0.0984. The van der Waals surface area contributed by atoms with Crippen LogP contribution in [0.25, 0.3) is 5.69 Å². The van der Waals surface area contributed by atoms with Gasteiger partial charge in [-0.15, -0.1) is 0 Å². The number of amides is 2. The number of nitrogens with two attached hydrogens (primary N) is 1. The summed E-state index contributed by atoms with van der Waals surface area (Å²) >= 11 is 0. The number of benzene rings is 1. The number of carbonyl (C=O) groups is 3. The van der Waals surface area contributed by atoms with Crippen LogP contribution in [0.1, 0.15) is 46.7 Å². The Morgan fingerprint density at radius 2 is 1.96 bits per heavy atom. The molecule has 0 spiro atoms. The van der Waals surface area contributed by atoms with Gasteiger partial charge in [-0.3, -0.25) is 14.4 Å². The van der Waals surface area contributed by atoms with E-state index in [1.807, 2.05) is 6.07 Å². The number of likely N-dealkylation sites (tertiary alicyclic amines) is 1. The molecule has 1 aromatic heterocycles. The van der Waals surface area contributed by atoms with Crippen LogP contribution >= 0.6 is 0 Å². The van der Waals surface area contributed by atoms with Crippen LogP contribution in [0.3, 0.4) is 0 Å². The molecule has 142 valence electrons. The fourth-order valence-corrected chi connectivity index (χ4v) is 3.40. The summed E-state index contributed by atoms with van der Waals surface area (Å²) < 4.78 is 1.38. The molecule has 1 aliphatic heterocycles. The largest absolute Gasteiger partial charge is 0.481 e. The molecule has 8 nitrogen and oxygen atoms in total. The third-order valence-corrected chi connectivity index (χ3v) is 4.75. The Hall–Kier alpha value is -3.16. The van der Waals surface area contributed by atoms with E-state index in [1.54, 1.807) is 29.2 Å². The molecule has 2 amide bonds. The van der Waals surface area contributed by atoms with E-state index in [0.29, 0.717) is 25.2 Å². The van der Waals surface area contributed by atoms with Crippen molar-refractivity contribution in [2.45, 2.75) is 25.7 Å². The van der Waals surface area contributed by atoms with Gasteiger partial charge in [0, 0.05) is 25.6 Å². The zero-order valence-corrected chi connectivity index (χ0v) is 14.9. The Morgan fingerprint density at radius 3 is 2.63 bits per heavy atom.